The van der Waals surface area contributed by atoms with Crippen LogP contribution in [0.1, 0.15) is 25.8 Å². The number of anilines is 1. The van der Waals surface area contributed by atoms with E-state index in [1.165, 1.54) is 4.90 Å². The molecule has 2 amide bonds. The van der Waals surface area contributed by atoms with Crippen LogP contribution in [0, 0.1) is 11.8 Å². The van der Waals surface area contributed by atoms with Gasteiger partial charge in [0.25, 0.3) is 0 Å². The van der Waals surface area contributed by atoms with Crippen LogP contribution in [-0.2, 0) is 20.7 Å². The number of benzene rings is 1. The molecule has 0 aromatic heterocycles. The summed E-state index contributed by atoms with van der Waals surface area (Å²) >= 11 is 0. The molecular formula is C18H24N2O5. The molecule has 1 aliphatic heterocycles. The number of likely N-dealkylation sites (tertiary alicyclic amines) is 1. The number of carboxylic acids is 1. The van der Waals surface area contributed by atoms with Gasteiger partial charge in [0.05, 0.1) is 18.9 Å². The van der Waals surface area contributed by atoms with E-state index in [4.69, 9.17) is 4.74 Å². The average molecular weight is 348 g/mol. The number of carbonyl (C=O) groups excluding carboxylic acids is 2. The number of hydrogen-bond donors (Lipinski definition) is 2. The average Bonchev–Trinajstić information content (AvgIpc) is 2.54. The summed E-state index contributed by atoms with van der Waals surface area (Å²) in [6, 6.07) is 6.66. The summed E-state index contributed by atoms with van der Waals surface area (Å²) in [5, 5.41) is 12.0. The first-order valence-electron chi connectivity index (χ1n) is 8.42. The largest absolute Gasteiger partial charge is 0.481 e. The topological polar surface area (TPSA) is 95.9 Å². The molecule has 0 spiro atoms. The molecule has 1 heterocycles. The molecule has 1 aromatic rings. The number of piperidine rings is 1. The maximum Gasteiger partial charge on any atom is 0.321 e. The number of amides is 2. The highest BCUT2D eigenvalue weighted by Gasteiger charge is 2.31. The molecule has 7 heteroatoms. The molecule has 0 saturated carbocycles. The number of carbonyl (C=O) groups is 3. The first-order valence-corrected chi connectivity index (χ1v) is 8.42. The lowest BCUT2D eigenvalue weighted by Crippen LogP contribution is -2.47. The molecule has 0 aliphatic carbocycles. The van der Waals surface area contributed by atoms with Crippen LogP contribution in [0.3, 0.4) is 0 Å². The lowest BCUT2D eigenvalue weighted by molar-refractivity contribution is -0.144. The molecule has 0 bridgehead atoms. The third kappa shape index (κ3) is 5.48. The van der Waals surface area contributed by atoms with Crippen molar-refractivity contribution in [1.82, 2.24) is 4.90 Å². The molecule has 2 atom stereocenters. The zero-order chi connectivity index (χ0) is 18.4. The smallest absolute Gasteiger partial charge is 0.321 e. The summed E-state index contributed by atoms with van der Waals surface area (Å²) in [5.41, 5.74) is 1.31. The van der Waals surface area contributed by atoms with E-state index in [9.17, 15) is 19.5 Å². The van der Waals surface area contributed by atoms with Gasteiger partial charge in [-0.3, -0.25) is 9.59 Å². The zero-order valence-electron chi connectivity index (χ0n) is 14.5. The second-order valence-electron chi connectivity index (χ2n) is 6.39. The number of nitrogens with one attached hydrogen (secondary N) is 1. The minimum Gasteiger partial charge on any atom is -0.481 e. The zero-order valence-corrected chi connectivity index (χ0v) is 14.5. The summed E-state index contributed by atoms with van der Waals surface area (Å²) < 4.78 is 4.92. The number of rotatable bonds is 5. The molecule has 1 aliphatic rings. The van der Waals surface area contributed by atoms with Gasteiger partial charge in [-0.25, -0.2) is 4.79 Å². The fourth-order valence-electron chi connectivity index (χ4n) is 3.04. The van der Waals surface area contributed by atoms with Crippen molar-refractivity contribution in [3.05, 3.63) is 29.8 Å². The fourth-order valence-corrected chi connectivity index (χ4v) is 3.04. The van der Waals surface area contributed by atoms with Crippen molar-refractivity contribution in [2.24, 2.45) is 11.8 Å². The van der Waals surface area contributed by atoms with Gasteiger partial charge >= 0.3 is 18.0 Å². The van der Waals surface area contributed by atoms with Crippen molar-refractivity contribution < 1.29 is 24.2 Å². The molecule has 7 nitrogen and oxygen atoms in total. The molecule has 2 unspecified atom stereocenters. The van der Waals surface area contributed by atoms with Crippen molar-refractivity contribution in [1.29, 1.82) is 0 Å². The predicted molar refractivity (Wildman–Crippen MR) is 92.3 cm³/mol. The quantitative estimate of drug-likeness (QED) is 0.797. The van der Waals surface area contributed by atoms with Gasteiger partial charge in [-0.15, -0.1) is 0 Å². The van der Waals surface area contributed by atoms with E-state index >= 15 is 0 Å². The molecule has 2 rings (SSSR count). The van der Waals surface area contributed by atoms with E-state index in [-0.39, 0.29) is 30.9 Å². The Morgan fingerprint density at radius 3 is 2.76 bits per heavy atom. The number of urea groups is 1. The summed E-state index contributed by atoms with van der Waals surface area (Å²) in [4.78, 5) is 36.8. The summed E-state index contributed by atoms with van der Waals surface area (Å²) in [5.74, 6) is -1.60. The molecule has 0 radical (unpaired) electrons. The van der Waals surface area contributed by atoms with E-state index in [2.05, 4.69) is 5.32 Å². The Morgan fingerprint density at radius 1 is 1.32 bits per heavy atom. The Labute approximate surface area is 147 Å². The molecule has 2 N–H and O–H groups in total. The number of carboxylic acid groups (broad SMARTS) is 1. The van der Waals surface area contributed by atoms with Gasteiger partial charge < -0.3 is 20.1 Å². The van der Waals surface area contributed by atoms with Crippen molar-refractivity contribution in [3.8, 4) is 0 Å². The standard InChI is InChI=1S/C18H24N2O5/c1-3-25-16(21)9-13-5-4-6-15(8-13)19-18(24)20-10-12(2)7-14(11-20)17(22)23/h4-6,8,12,14H,3,7,9-11H2,1-2H3,(H,19,24)(H,22,23). The monoisotopic (exact) mass is 348 g/mol. The molecule has 1 fully saturated rings. The highest BCUT2D eigenvalue weighted by atomic mass is 16.5. The summed E-state index contributed by atoms with van der Waals surface area (Å²) in [6.45, 7) is 4.74. The van der Waals surface area contributed by atoms with E-state index in [1.807, 2.05) is 6.92 Å². The van der Waals surface area contributed by atoms with Crippen molar-refractivity contribution in [3.63, 3.8) is 0 Å². The Bertz CT molecular complexity index is 646. The van der Waals surface area contributed by atoms with Gasteiger partial charge in [0.15, 0.2) is 0 Å². The first-order chi connectivity index (χ1) is 11.9. The second-order valence-corrected chi connectivity index (χ2v) is 6.39. The Balaban J connectivity index is 2.00. The van der Waals surface area contributed by atoms with Crippen molar-refractivity contribution >= 4 is 23.7 Å². The molecular weight excluding hydrogens is 324 g/mol. The van der Waals surface area contributed by atoms with Gasteiger partial charge in [-0.1, -0.05) is 19.1 Å². The van der Waals surface area contributed by atoms with Crippen molar-refractivity contribution in [2.45, 2.75) is 26.7 Å². The van der Waals surface area contributed by atoms with Crippen LogP contribution in [0.5, 0.6) is 0 Å². The van der Waals surface area contributed by atoms with Crippen LogP contribution in [0.25, 0.3) is 0 Å². The van der Waals surface area contributed by atoms with E-state index in [0.717, 1.165) is 5.56 Å². The van der Waals surface area contributed by atoms with E-state index in [1.54, 1.807) is 31.2 Å². The Morgan fingerprint density at radius 2 is 2.08 bits per heavy atom. The number of nitrogens with zero attached hydrogens (tertiary/aromatic N) is 1. The van der Waals surface area contributed by atoms with E-state index in [0.29, 0.717) is 25.3 Å². The van der Waals surface area contributed by atoms with Crippen LogP contribution < -0.4 is 5.32 Å². The third-order valence-corrected chi connectivity index (χ3v) is 4.13. The van der Waals surface area contributed by atoms with Crippen LogP contribution >= 0.6 is 0 Å². The minimum atomic E-state index is -0.874. The van der Waals surface area contributed by atoms with Crippen molar-refractivity contribution in [2.75, 3.05) is 25.0 Å². The molecule has 1 aromatic carbocycles. The van der Waals surface area contributed by atoms with Gasteiger partial charge in [0.2, 0.25) is 0 Å². The predicted octanol–water partition coefficient (Wildman–Crippen LogP) is 2.37. The number of aliphatic carboxylic acids is 1. The highest BCUT2D eigenvalue weighted by molar-refractivity contribution is 5.90. The molecule has 25 heavy (non-hydrogen) atoms. The Kier molecular flexibility index (Phi) is 6.38. The highest BCUT2D eigenvalue weighted by Crippen LogP contribution is 2.22. The molecule has 136 valence electrons. The number of ether oxygens (including phenoxy) is 1. The minimum absolute atomic E-state index is 0.135. The second kappa shape index (κ2) is 8.50. The third-order valence-electron chi connectivity index (χ3n) is 4.13. The van der Waals surface area contributed by atoms with Gasteiger partial charge in [0, 0.05) is 18.8 Å². The van der Waals surface area contributed by atoms with Crippen LogP contribution in [0.2, 0.25) is 0 Å². The fraction of sp³-hybridized carbons (Fsp3) is 0.500. The maximum atomic E-state index is 12.4. The van der Waals surface area contributed by atoms with Gasteiger partial charge in [-0.05, 0) is 37.0 Å². The number of esters is 1. The lowest BCUT2D eigenvalue weighted by Gasteiger charge is -2.34. The Hall–Kier alpha value is -2.57. The van der Waals surface area contributed by atoms with Crippen LogP contribution in [0.4, 0.5) is 10.5 Å². The normalized spacial score (nSPS) is 20.0. The molecule has 1 saturated heterocycles. The summed E-state index contributed by atoms with van der Waals surface area (Å²) in [7, 11) is 0. The van der Waals surface area contributed by atoms with Crippen LogP contribution in [-0.4, -0.2) is 47.7 Å². The number of hydrogen-bond acceptors (Lipinski definition) is 4. The summed E-state index contributed by atoms with van der Waals surface area (Å²) in [6.07, 6.45) is 0.716. The van der Waals surface area contributed by atoms with E-state index < -0.39 is 11.9 Å². The SMILES string of the molecule is CCOC(=O)Cc1cccc(NC(=O)N2CC(C)CC(C(=O)O)C2)c1. The van der Waals surface area contributed by atoms with Gasteiger partial charge in [0.1, 0.15) is 0 Å². The maximum absolute atomic E-state index is 12.4. The lowest BCUT2D eigenvalue weighted by atomic mass is 9.91. The first kappa shape index (κ1) is 18.8. The van der Waals surface area contributed by atoms with Gasteiger partial charge in [-0.2, -0.15) is 0 Å². The van der Waals surface area contributed by atoms with Crippen LogP contribution in [0.15, 0.2) is 24.3 Å².